The molecule has 184 valence electrons. The predicted molar refractivity (Wildman–Crippen MR) is 141 cm³/mol. The smallest absolute Gasteiger partial charge is 0.169 e. The normalized spacial score (nSPS) is 19.3. The SMILES string of the molecule is NCCCCCCc1cc(N2C3CCC2CN(c2cc(-c4ccccc4O)nnc2N)C3)ccn1. The summed E-state index contributed by atoms with van der Waals surface area (Å²) in [7, 11) is 0. The van der Waals surface area contributed by atoms with Crippen LogP contribution in [0.5, 0.6) is 5.75 Å². The van der Waals surface area contributed by atoms with Gasteiger partial charge in [-0.1, -0.05) is 25.0 Å². The molecule has 0 radical (unpaired) electrons. The number of anilines is 3. The molecule has 4 heterocycles. The average Bonchev–Trinajstić information content (AvgIpc) is 3.14. The van der Waals surface area contributed by atoms with Crippen LogP contribution in [0.4, 0.5) is 17.2 Å². The number of pyridine rings is 1. The first-order chi connectivity index (χ1) is 17.1. The summed E-state index contributed by atoms with van der Waals surface area (Å²) < 4.78 is 0. The van der Waals surface area contributed by atoms with Crippen LogP contribution in [-0.2, 0) is 6.42 Å². The monoisotopic (exact) mass is 473 g/mol. The number of para-hydroxylation sites is 1. The fourth-order valence-electron chi connectivity index (χ4n) is 5.55. The lowest BCUT2D eigenvalue weighted by Gasteiger charge is -2.43. The fraction of sp³-hybridized carbons (Fsp3) is 0.444. The van der Waals surface area contributed by atoms with Crippen molar-refractivity contribution in [3.63, 3.8) is 0 Å². The standard InChI is InChI=1S/C27H35N7O/c28-13-6-2-1-3-7-19-15-20(12-14-30-19)34-21-10-11-22(34)18-33(17-21)25-16-24(31-32-27(25)29)23-8-4-5-9-26(23)35/h4-5,8-9,12,14-16,21-22,35H,1-3,6-7,10-11,13,17-18,28H2,(H2,29,32). The van der Waals surface area contributed by atoms with Gasteiger partial charge in [0, 0.05) is 48.3 Å². The van der Waals surface area contributed by atoms with Gasteiger partial charge in [0.2, 0.25) is 0 Å². The largest absolute Gasteiger partial charge is 0.507 e. The lowest BCUT2D eigenvalue weighted by atomic mass is 10.1. The second-order valence-corrected chi connectivity index (χ2v) is 9.67. The fourth-order valence-corrected chi connectivity index (χ4v) is 5.55. The number of nitrogens with two attached hydrogens (primary N) is 2. The number of nitrogen functional groups attached to an aromatic ring is 1. The third kappa shape index (κ3) is 5.03. The molecular weight excluding hydrogens is 438 g/mol. The number of fused-ring (bicyclic) bond motifs is 2. The Labute approximate surface area is 207 Å². The van der Waals surface area contributed by atoms with Crippen LogP contribution in [0.2, 0.25) is 0 Å². The van der Waals surface area contributed by atoms with Gasteiger partial charge in [-0.3, -0.25) is 4.98 Å². The van der Waals surface area contributed by atoms with Crippen LogP contribution in [0, 0.1) is 0 Å². The predicted octanol–water partition coefficient (Wildman–Crippen LogP) is 3.75. The third-order valence-electron chi connectivity index (χ3n) is 7.29. The summed E-state index contributed by atoms with van der Waals surface area (Å²) in [5.74, 6) is 0.619. The van der Waals surface area contributed by atoms with Gasteiger partial charge in [0.05, 0.1) is 11.4 Å². The quantitative estimate of drug-likeness (QED) is 0.402. The molecule has 2 fully saturated rings. The molecule has 0 amide bonds. The molecule has 0 saturated carbocycles. The Hall–Kier alpha value is -3.39. The van der Waals surface area contributed by atoms with E-state index in [1.165, 1.54) is 24.2 Å². The van der Waals surface area contributed by atoms with Gasteiger partial charge in [-0.15, -0.1) is 10.2 Å². The van der Waals surface area contributed by atoms with Gasteiger partial charge in [0.1, 0.15) is 5.75 Å². The van der Waals surface area contributed by atoms with Crippen molar-refractivity contribution in [3.05, 3.63) is 54.4 Å². The zero-order chi connectivity index (χ0) is 24.2. The Bertz CT molecular complexity index is 1140. The molecular formula is C27H35N7O. The van der Waals surface area contributed by atoms with Gasteiger partial charge >= 0.3 is 0 Å². The second-order valence-electron chi connectivity index (χ2n) is 9.67. The van der Waals surface area contributed by atoms with E-state index in [1.54, 1.807) is 12.1 Å². The Morgan fingerprint density at radius 3 is 2.49 bits per heavy atom. The molecule has 2 atom stereocenters. The van der Waals surface area contributed by atoms with Crippen LogP contribution < -0.4 is 21.3 Å². The first kappa shape index (κ1) is 23.4. The number of piperazine rings is 1. The topological polar surface area (TPSA) is 117 Å². The molecule has 35 heavy (non-hydrogen) atoms. The van der Waals surface area contributed by atoms with E-state index in [1.807, 2.05) is 24.4 Å². The summed E-state index contributed by atoms with van der Waals surface area (Å²) in [6.07, 6.45) is 9.95. The molecule has 1 aromatic carbocycles. The van der Waals surface area contributed by atoms with Crippen LogP contribution in [0.25, 0.3) is 11.3 Å². The molecule has 8 nitrogen and oxygen atoms in total. The van der Waals surface area contributed by atoms with Crippen LogP contribution in [0.1, 0.15) is 44.2 Å². The third-order valence-corrected chi connectivity index (χ3v) is 7.29. The molecule has 2 aromatic heterocycles. The molecule has 8 heteroatoms. The van der Waals surface area contributed by atoms with E-state index in [0.29, 0.717) is 29.2 Å². The number of aromatic hydroxyl groups is 1. The van der Waals surface area contributed by atoms with E-state index in [2.05, 4.69) is 37.1 Å². The number of nitrogens with zero attached hydrogens (tertiary/aromatic N) is 5. The minimum absolute atomic E-state index is 0.190. The molecule has 5 N–H and O–H groups in total. The summed E-state index contributed by atoms with van der Waals surface area (Å²) in [6.45, 7) is 2.53. The number of aryl methyl sites for hydroxylation is 1. The Balaban J connectivity index is 1.31. The van der Waals surface area contributed by atoms with Gasteiger partial charge < -0.3 is 26.4 Å². The number of rotatable bonds is 9. The van der Waals surface area contributed by atoms with Gasteiger partial charge in [-0.05, 0) is 69.0 Å². The second kappa shape index (κ2) is 10.5. The zero-order valence-corrected chi connectivity index (χ0v) is 20.2. The van der Waals surface area contributed by atoms with Crippen molar-refractivity contribution in [2.75, 3.05) is 35.2 Å². The number of phenols is 1. The molecule has 2 aliphatic heterocycles. The van der Waals surface area contributed by atoms with Crippen LogP contribution >= 0.6 is 0 Å². The molecule has 2 aliphatic rings. The Kier molecular flexibility index (Phi) is 6.99. The van der Waals surface area contributed by atoms with Crippen molar-refractivity contribution in [1.29, 1.82) is 0 Å². The van der Waals surface area contributed by atoms with E-state index in [-0.39, 0.29) is 5.75 Å². The van der Waals surface area contributed by atoms with Crippen molar-refractivity contribution >= 4 is 17.2 Å². The highest BCUT2D eigenvalue weighted by Gasteiger charge is 2.40. The summed E-state index contributed by atoms with van der Waals surface area (Å²) in [5.41, 5.74) is 16.5. The maximum atomic E-state index is 10.3. The molecule has 0 aliphatic carbocycles. The van der Waals surface area contributed by atoms with E-state index in [4.69, 9.17) is 11.5 Å². The molecule has 2 bridgehead atoms. The van der Waals surface area contributed by atoms with E-state index < -0.39 is 0 Å². The van der Waals surface area contributed by atoms with Crippen molar-refractivity contribution < 1.29 is 5.11 Å². The summed E-state index contributed by atoms with van der Waals surface area (Å²) in [6, 6.07) is 14.4. The van der Waals surface area contributed by atoms with Gasteiger partial charge in [0.25, 0.3) is 0 Å². The highest BCUT2D eigenvalue weighted by Crippen LogP contribution is 2.39. The first-order valence-corrected chi connectivity index (χ1v) is 12.7. The molecule has 5 rings (SSSR count). The maximum absolute atomic E-state index is 10.3. The van der Waals surface area contributed by atoms with Crippen LogP contribution in [0.15, 0.2) is 48.7 Å². The van der Waals surface area contributed by atoms with Crippen molar-refractivity contribution in [2.24, 2.45) is 5.73 Å². The number of hydrogen-bond donors (Lipinski definition) is 3. The van der Waals surface area contributed by atoms with Crippen molar-refractivity contribution in [3.8, 4) is 17.0 Å². The summed E-state index contributed by atoms with van der Waals surface area (Å²) in [4.78, 5) is 9.56. The van der Waals surface area contributed by atoms with Crippen molar-refractivity contribution in [1.82, 2.24) is 15.2 Å². The lowest BCUT2D eigenvalue weighted by molar-refractivity contribution is 0.477. The van der Waals surface area contributed by atoms with E-state index in [0.717, 1.165) is 57.4 Å². The Morgan fingerprint density at radius 1 is 0.943 bits per heavy atom. The number of aromatic nitrogens is 3. The molecule has 2 unspecified atom stereocenters. The van der Waals surface area contributed by atoms with E-state index in [9.17, 15) is 5.11 Å². The van der Waals surface area contributed by atoms with Crippen LogP contribution in [-0.4, -0.2) is 52.0 Å². The Morgan fingerprint density at radius 2 is 1.71 bits per heavy atom. The van der Waals surface area contributed by atoms with E-state index >= 15 is 0 Å². The highest BCUT2D eigenvalue weighted by molar-refractivity contribution is 5.74. The molecule has 3 aromatic rings. The minimum Gasteiger partial charge on any atom is -0.507 e. The number of phenolic OH excluding ortho intramolecular Hbond substituents is 1. The number of hydrogen-bond acceptors (Lipinski definition) is 8. The molecule has 2 saturated heterocycles. The lowest BCUT2D eigenvalue weighted by Crippen LogP contribution is -2.54. The van der Waals surface area contributed by atoms with Crippen molar-refractivity contribution in [2.45, 2.75) is 57.0 Å². The zero-order valence-electron chi connectivity index (χ0n) is 20.2. The number of unbranched alkanes of at least 4 members (excludes halogenated alkanes) is 3. The summed E-state index contributed by atoms with van der Waals surface area (Å²) in [5, 5.41) is 18.7. The summed E-state index contributed by atoms with van der Waals surface area (Å²) >= 11 is 0. The highest BCUT2D eigenvalue weighted by atomic mass is 16.3. The van der Waals surface area contributed by atoms with Gasteiger partial charge in [-0.25, -0.2) is 0 Å². The van der Waals surface area contributed by atoms with Crippen LogP contribution in [0.3, 0.4) is 0 Å². The maximum Gasteiger partial charge on any atom is 0.169 e. The van der Waals surface area contributed by atoms with Gasteiger partial charge in [-0.2, -0.15) is 0 Å². The van der Waals surface area contributed by atoms with Gasteiger partial charge in [0.15, 0.2) is 5.82 Å². The first-order valence-electron chi connectivity index (χ1n) is 12.7. The minimum atomic E-state index is 0.190. The number of benzene rings is 1. The molecule has 0 spiro atoms. The average molecular weight is 474 g/mol.